The van der Waals surface area contributed by atoms with Crippen molar-refractivity contribution in [3.63, 3.8) is 0 Å². The van der Waals surface area contributed by atoms with Gasteiger partial charge in [-0.15, -0.1) is 0 Å². The third-order valence-electron chi connectivity index (χ3n) is 2.84. The Labute approximate surface area is 112 Å². The number of hydrogen-bond donors (Lipinski definition) is 2. The van der Waals surface area contributed by atoms with Crippen LogP contribution in [0.2, 0.25) is 0 Å². The fourth-order valence-corrected chi connectivity index (χ4v) is 1.89. The summed E-state index contributed by atoms with van der Waals surface area (Å²) in [5.41, 5.74) is 2.31. The van der Waals surface area contributed by atoms with Gasteiger partial charge in [0.15, 0.2) is 0 Å². The SMILES string of the molecule is COCCn1c(C(C)(C)C)ccc(C(=O)NN)c1=O. The molecule has 0 unspecified atom stereocenters. The van der Waals surface area contributed by atoms with Gasteiger partial charge in [-0.3, -0.25) is 15.0 Å². The summed E-state index contributed by atoms with van der Waals surface area (Å²) < 4.78 is 6.57. The van der Waals surface area contributed by atoms with Gasteiger partial charge < -0.3 is 9.30 Å². The van der Waals surface area contributed by atoms with Crippen LogP contribution in [0.3, 0.4) is 0 Å². The van der Waals surface area contributed by atoms with Gasteiger partial charge in [-0.25, -0.2) is 5.84 Å². The molecular formula is C13H21N3O3. The molecule has 1 aromatic heterocycles. The van der Waals surface area contributed by atoms with Crippen molar-refractivity contribution in [3.05, 3.63) is 33.7 Å². The van der Waals surface area contributed by atoms with Gasteiger partial charge >= 0.3 is 0 Å². The molecule has 0 saturated carbocycles. The van der Waals surface area contributed by atoms with Gasteiger partial charge in [-0.05, 0) is 12.1 Å². The zero-order valence-electron chi connectivity index (χ0n) is 11.8. The number of ether oxygens (including phenoxy) is 1. The summed E-state index contributed by atoms with van der Waals surface area (Å²) in [7, 11) is 1.57. The zero-order valence-corrected chi connectivity index (χ0v) is 11.8. The number of rotatable bonds is 4. The molecule has 106 valence electrons. The lowest BCUT2D eigenvalue weighted by atomic mass is 9.90. The van der Waals surface area contributed by atoms with E-state index >= 15 is 0 Å². The van der Waals surface area contributed by atoms with Crippen LogP contribution in [0.15, 0.2) is 16.9 Å². The molecule has 0 atom stereocenters. The molecule has 1 aromatic rings. The quantitative estimate of drug-likeness (QED) is 0.469. The predicted octanol–water partition coefficient (Wildman–Crippen LogP) is 0.396. The van der Waals surface area contributed by atoms with Crippen molar-refractivity contribution in [2.75, 3.05) is 13.7 Å². The third kappa shape index (κ3) is 3.42. The highest BCUT2D eigenvalue weighted by Gasteiger charge is 2.21. The molecule has 3 N–H and O–H groups in total. The summed E-state index contributed by atoms with van der Waals surface area (Å²) in [6.45, 7) is 6.82. The molecule has 0 aromatic carbocycles. The molecule has 0 aliphatic carbocycles. The van der Waals surface area contributed by atoms with E-state index in [9.17, 15) is 9.59 Å². The van der Waals surface area contributed by atoms with Crippen LogP contribution in [0.5, 0.6) is 0 Å². The van der Waals surface area contributed by atoms with Crippen molar-refractivity contribution in [2.45, 2.75) is 32.7 Å². The van der Waals surface area contributed by atoms with Crippen molar-refractivity contribution < 1.29 is 9.53 Å². The monoisotopic (exact) mass is 267 g/mol. The first-order chi connectivity index (χ1) is 8.82. The number of hydrazine groups is 1. The van der Waals surface area contributed by atoms with Crippen LogP contribution in [0.25, 0.3) is 0 Å². The van der Waals surface area contributed by atoms with E-state index < -0.39 is 5.91 Å². The summed E-state index contributed by atoms with van der Waals surface area (Å²) in [6, 6.07) is 3.29. The molecule has 0 spiro atoms. The Morgan fingerprint density at radius 3 is 2.53 bits per heavy atom. The van der Waals surface area contributed by atoms with E-state index in [1.54, 1.807) is 17.7 Å². The second-order valence-electron chi connectivity index (χ2n) is 5.31. The average Bonchev–Trinajstić information content (AvgIpc) is 2.34. The molecule has 0 radical (unpaired) electrons. The largest absolute Gasteiger partial charge is 0.383 e. The van der Waals surface area contributed by atoms with E-state index in [0.29, 0.717) is 13.2 Å². The Morgan fingerprint density at radius 1 is 1.42 bits per heavy atom. The van der Waals surface area contributed by atoms with E-state index in [-0.39, 0.29) is 16.5 Å². The number of pyridine rings is 1. The van der Waals surface area contributed by atoms with Gasteiger partial charge in [0.1, 0.15) is 5.56 Å². The minimum absolute atomic E-state index is 0.0339. The minimum atomic E-state index is -0.586. The van der Waals surface area contributed by atoms with Gasteiger partial charge in [0.2, 0.25) is 0 Å². The average molecular weight is 267 g/mol. The number of nitrogens with one attached hydrogen (secondary N) is 1. The maximum absolute atomic E-state index is 12.3. The maximum Gasteiger partial charge on any atom is 0.270 e. The number of nitrogen functional groups attached to an aromatic ring is 1. The molecule has 0 fully saturated rings. The normalized spacial score (nSPS) is 11.4. The van der Waals surface area contributed by atoms with Crippen LogP contribution in [0.1, 0.15) is 36.8 Å². The number of aromatic nitrogens is 1. The van der Waals surface area contributed by atoms with Crippen LogP contribution in [0.4, 0.5) is 0 Å². The first-order valence-electron chi connectivity index (χ1n) is 6.07. The van der Waals surface area contributed by atoms with Gasteiger partial charge in [-0.2, -0.15) is 0 Å². The number of amides is 1. The van der Waals surface area contributed by atoms with Crippen molar-refractivity contribution in [1.29, 1.82) is 0 Å². The maximum atomic E-state index is 12.3. The summed E-state index contributed by atoms with van der Waals surface area (Å²) >= 11 is 0. The number of carbonyl (C=O) groups excluding carboxylic acids is 1. The standard InChI is InChI=1S/C13H21N3O3/c1-13(2,3)10-6-5-9(11(17)15-14)12(18)16(10)7-8-19-4/h5-6H,7-8,14H2,1-4H3,(H,15,17). The number of carbonyl (C=O) groups is 1. The predicted molar refractivity (Wildman–Crippen MR) is 72.9 cm³/mol. The lowest BCUT2D eigenvalue weighted by Gasteiger charge is -2.24. The number of hydrogen-bond acceptors (Lipinski definition) is 4. The summed E-state index contributed by atoms with van der Waals surface area (Å²) in [6.07, 6.45) is 0. The van der Waals surface area contributed by atoms with Gasteiger partial charge in [-0.1, -0.05) is 20.8 Å². The zero-order chi connectivity index (χ0) is 14.6. The third-order valence-corrected chi connectivity index (χ3v) is 2.84. The number of nitrogens with two attached hydrogens (primary N) is 1. The number of nitrogens with zero attached hydrogens (tertiary/aromatic N) is 1. The van der Waals surface area contributed by atoms with Gasteiger partial charge in [0.05, 0.1) is 6.61 Å². The molecule has 0 bridgehead atoms. The molecule has 6 nitrogen and oxygen atoms in total. The highest BCUT2D eigenvalue weighted by atomic mass is 16.5. The molecule has 1 heterocycles. The lowest BCUT2D eigenvalue weighted by Crippen LogP contribution is -2.39. The summed E-state index contributed by atoms with van der Waals surface area (Å²) in [4.78, 5) is 23.9. The van der Waals surface area contributed by atoms with Gasteiger partial charge in [0.25, 0.3) is 11.5 Å². The lowest BCUT2D eigenvalue weighted by molar-refractivity contribution is 0.0950. The highest BCUT2D eigenvalue weighted by Crippen LogP contribution is 2.21. The van der Waals surface area contributed by atoms with E-state index in [1.165, 1.54) is 6.07 Å². The van der Waals surface area contributed by atoms with Crippen molar-refractivity contribution in [3.8, 4) is 0 Å². The van der Waals surface area contributed by atoms with E-state index in [4.69, 9.17) is 10.6 Å². The topological polar surface area (TPSA) is 86.3 Å². The second kappa shape index (κ2) is 5.99. The van der Waals surface area contributed by atoms with E-state index in [1.807, 2.05) is 26.2 Å². The molecule has 0 saturated heterocycles. The van der Waals surface area contributed by atoms with Crippen LogP contribution in [-0.2, 0) is 16.7 Å². The van der Waals surface area contributed by atoms with Crippen LogP contribution < -0.4 is 16.8 Å². The molecule has 6 heteroatoms. The van der Waals surface area contributed by atoms with Crippen LogP contribution >= 0.6 is 0 Å². The van der Waals surface area contributed by atoms with E-state index in [0.717, 1.165) is 5.69 Å². The Morgan fingerprint density at radius 2 is 2.05 bits per heavy atom. The fraction of sp³-hybridized carbons (Fsp3) is 0.538. The number of methoxy groups -OCH3 is 1. The molecule has 0 aliphatic rings. The smallest absolute Gasteiger partial charge is 0.270 e. The molecule has 1 rings (SSSR count). The van der Waals surface area contributed by atoms with Gasteiger partial charge in [0, 0.05) is 24.8 Å². The van der Waals surface area contributed by atoms with Crippen LogP contribution in [-0.4, -0.2) is 24.2 Å². The molecule has 0 aliphatic heterocycles. The Bertz CT molecular complexity index is 515. The summed E-state index contributed by atoms with van der Waals surface area (Å²) in [5.74, 6) is 4.49. The van der Waals surface area contributed by atoms with Crippen molar-refractivity contribution >= 4 is 5.91 Å². The Kier molecular flexibility index (Phi) is 4.85. The fourth-order valence-electron chi connectivity index (χ4n) is 1.89. The highest BCUT2D eigenvalue weighted by molar-refractivity contribution is 5.93. The minimum Gasteiger partial charge on any atom is -0.383 e. The molecule has 1 amide bonds. The van der Waals surface area contributed by atoms with Crippen molar-refractivity contribution in [1.82, 2.24) is 9.99 Å². The Balaban J connectivity index is 3.41. The molecule has 19 heavy (non-hydrogen) atoms. The van der Waals surface area contributed by atoms with E-state index in [2.05, 4.69) is 0 Å². The first-order valence-corrected chi connectivity index (χ1v) is 6.07. The first kappa shape index (κ1) is 15.4. The Hall–Kier alpha value is -1.66. The van der Waals surface area contributed by atoms with Crippen molar-refractivity contribution in [2.24, 2.45) is 5.84 Å². The van der Waals surface area contributed by atoms with Crippen LogP contribution in [0, 0.1) is 0 Å². The molecular weight excluding hydrogens is 246 g/mol. The summed E-state index contributed by atoms with van der Waals surface area (Å²) in [5, 5.41) is 0. The second-order valence-corrected chi connectivity index (χ2v) is 5.31.